The summed E-state index contributed by atoms with van der Waals surface area (Å²) in [5, 5.41) is 6.66. The van der Waals surface area contributed by atoms with Gasteiger partial charge in [-0.2, -0.15) is 5.10 Å². The van der Waals surface area contributed by atoms with Crippen molar-refractivity contribution >= 4 is 34.6 Å². The third-order valence-corrected chi connectivity index (χ3v) is 8.17. The summed E-state index contributed by atoms with van der Waals surface area (Å²) in [5.41, 5.74) is 9.88. The molecule has 0 radical (unpaired) electrons. The smallest absolute Gasteiger partial charge is 0.342 e. The predicted molar refractivity (Wildman–Crippen MR) is 189 cm³/mol. The van der Waals surface area contributed by atoms with Gasteiger partial charge in [0.2, 0.25) is 11.8 Å². The third kappa shape index (κ3) is 9.17. The van der Waals surface area contributed by atoms with E-state index in [9.17, 15) is 19.2 Å². The number of pyridine rings is 1. The number of anilines is 1. The van der Waals surface area contributed by atoms with Crippen LogP contribution < -0.4 is 16.7 Å². The lowest BCUT2D eigenvalue weighted by Gasteiger charge is -2.21. The average Bonchev–Trinajstić information content (AvgIpc) is 3.75. The van der Waals surface area contributed by atoms with Gasteiger partial charge in [0.1, 0.15) is 30.6 Å². The molecule has 1 aliphatic rings. The van der Waals surface area contributed by atoms with E-state index >= 15 is 0 Å². The number of H-pyrrole nitrogens is 1. The maximum Gasteiger partial charge on any atom is 0.342 e. The van der Waals surface area contributed by atoms with Gasteiger partial charge in [-0.05, 0) is 36.2 Å². The van der Waals surface area contributed by atoms with Crippen LogP contribution in [0.5, 0.6) is 0 Å². The topological polar surface area (TPSA) is 195 Å². The standard InChI is InChI=1S/C37H37N7O8/c38-34-29(36(47)52-24-26-5-2-1-3-6-26)20-27(21-39-34)28-22-40-43(23-28)12-14-50-16-18-51-17-15-49-13-4-7-25-8-9-31-30(19-25)41-37(48)44(31)32-10-11-33(45)42-35(32)46/h1-3,5-6,8-9,19-23,32H,10-18,24H2,(H2,38,39)(H,41,48)(H,42,45,46). The van der Waals surface area contributed by atoms with Gasteiger partial charge >= 0.3 is 11.7 Å². The van der Waals surface area contributed by atoms with Crippen molar-refractivity contribution in [3.63, 3.8) is 0 Å². The minimum Gasteiger partial charge on any atom is -0.457 e. The third-order valence-electron chi connectivity index (χ3n) is 8.17. The molecule has 5 aromatic rings. The van der Waals surface area contributed by atoms with Crippen LogP contribution in [0.1, 0.15) is 40.4 Å². The number of fused-ring (bicyclic) bond motifs is 1. The van der Waals surface area contributed by atoms with E-state index in [-0.39, 0.29) is 43.3 Å². The number of carbonyl (C=O) groups excluding carboxylic acids is 3. The van der Waals surface area contributed by atoms with Crippen molar-refractivity contribution in [3.05, 3.63) is 100 Å². The van der Waals surface area contributed by atoms with Crippen LogP contribution in [0.4, 0.5) is 5.82 Å². The number of aromatic nitrogens is 5. The molecule has 1 unspecified atom stereocenters. The molecule has 3 aromatic heterocycles. The molecule has 2 amide bonds. The van der Waals surface area contributed by atoms with E-state index in [0.717, 1.165) is 11.1 Å². The quantitative estimate of drug-likeness (QED) is 0.0627. The molecule has 1 atom stereocenters. The molecule has 15 nitrogen and oxygen atoms in total. The lowest BCUT2D eigenvalue weighted by molar-refractivity contribution is -0.135. The van der Waals surface area contributed by atoms with E-state index in [0.29, 0.717) is 61.7 Å². The van der Waals surface area contributed by atoms with Gasteiger partial charge in [-0.15, -0.1) is 0 Å². The van der Waals surface area contributed by atoms with E-state index in [4.69, 9.17) is 24.7 Å². The van der Waals surface area contributed by atoms with Gasteiger partial charge in [-0.1, -0.05) is 42.2 Å². The number of aromatic amines is 1. The maximum absolute atomic E-state index is 12.7. The summed E-state index contributed by atoms with van der Waals surface area (Å²) >= 11 is 0. The predicted octanol–water partition coefficient (Wildman–Crippen LogP) is 2.61. The largest absolute Gasteiger partial charge is 0.457 e. The zero-order chi connectivity index (χ0) is 36.3. The van der Waals surface area contributed by atoms with E-state index in [2.05, 4.69) is 32.2 Å². The zero-order valence-corrected chi connectivity index (χ0v) is 28.2. The van der Waals surface area contributed by atoms with Crippen molar-refractivity contribution in [3.8, 4) is 23.0 Å². The van der Waals surface area contributed by atoms with Gasteiger partial charge in [-0.3, -0.25) is 24.2 Å². The van der Waals surface area contributed by atoms with Gasteiger partial charge in [0.25, 0.3) is 0 Å². The summed E-state index contributed by atoms with van der Waals surface area (Å²) < 4.78 is 25.3. The highest BCUT2D eigenvalue weighted by Gasteiger charge is 2.30. The number of esters is 1. The number of rotatable bonds is 15. The number of amides is 2. The Bertz CT molecular complexity index is 2160. The molecule has 0 bridgehead atoms. The van der Waals surface area contributed by atoms with Crippen molar-refractivity contribution < 1.29 is 33.3 Å². The highest BCUT2D eigenvalue weighted by atomic mass is 16.5. The monoisotopic (exact) mass is 707 g/mol. The van der Waals surface area contributed by atoms with Crippen LogP contribution in [0.25, 0.3) is 22.2 Å². The Labute approximate surface area is 298 Å². The van der Waals surface area contributed by atoms with Crippen LogP contribution >= 0.6 is 0 Å². The molecule has 6 rings (SSSR count). The van der Waals surface area contributed by atoms with Crippen LogP contribution in [0.2, 0.25) is 0 Å². The summed E-state index contributed by atoms with van der Waals surface area (Å²) in [7, 11) is 0. The lowest BCUT2D eigenvalue weighted by Crippen LogP contribution is -2.43. The van der Waals surface area contributed by atoms with Crippen molar-refractivity contribution in [2.75, 3.05) is 45.4 Å². The molecule has 1 aliphatic heterocycles. The first-order chi connectivity index (χ1) is 25.4. The number of hydrogen-bond donors (Lipinski definition) is 3. The van der Waals surface area contributed by atoms with Crippen molar-refractivity contribution in [1.82, 2.24) is 29.6 Å². The van der Waals surface area contributed by atoms with Gasteiger partial charge < -0.3 is 29.7 Å². The normalized spacial score (nSPS) is 14.2. The van der Waals surface area contributed by atoms with Gasteiger partial charge in [-0.25, -0.2) is 14.6 Å². The molecule has 1 fully saturated rings. The molecule has 1 saturated heterocycles. The Morgan fingerprint density at radius 3 is 2.54 bits per heavy atom. The fourth-order valence-corrected chi connectivity index (χ4v) is 5.54. The molecule has 0 aliphatic carbocycles. The Kier molecular flexibility index (Phi) is 11.8. The molecule has 15 heteroatoms. The highest BCUT2D eigenvalue weighted by molar-refractivity contribution is 6.00. The van der Waals surface area contributed by atoms with Crippen LogP contribution in [0.15, 0.2) is 78.0 Å². The number of nitrogens with two attached hydrogens (primary N) is 1. The number of piperidine rings is 1. The number of benzene rings is 2. The van der Waals surface area contributed by atoms with E-state index in [1.165, 1.54) is 4.57 Å². The summed E-state index contributed by atoms with van der Waals surface area (Å²) in [5.74, 6) is 4.67. The van der Waals surface area contributed by atoms with E-state index in [1.54, 1.807) is 41.3 Å². The van der Waals surface area contributed by atoms with Crippen LogP contribution in [0, 0.1) is 11.8 Å². The number of nitrogen functional groups attached to an aromatic ring is 1. The van der Waals surface area contributed by atoms with Crippen molar-refractivity contribution in [2.45, 2.75) is 32.0 Å². The second kappa shape index (κ2) is 17.2. The number of carbonyl (C=O) groups is 3. The average molecular weight is 708 g/mol. The number of ether oxygens (including phenoxy) is 4. The lowest BCUT2D eigenvalue weighted by atomic mass is 10.1. The molecule has 0 spiro atoms. The van der Waals surface area contributed by atoms with E-state index < -0.39 is 23.6 Å². The van der Waals surface area contributed by atoms with Crippen LogP contribution in [0.3, 0.4) is 0 Å². The molecular formula is C37H37N7O8. The Morgan fingerprint density at radius 1 is 0.942 bits per heavy atom. The van der Waals surface area contributed by atoms with Crippen molar-refractivity contribution in [2.24, 2.45) is 0 Å². The van der Waals surface area contributed by atoms with Crippen LogP contribution in [-0.2, 0) is 41.7 Å². The summed E-state index contributed by atoms with van der Waals surface area (Å²) in [6, 6.07) is 15.5. The fraction of sp³-hybridized carbons (Fsp3) is 0.297. The molecular weight excluding hydrogens is 670 g/mol. The Hall–Kier alpha value is -6.08. The summed E-state index contributed by atoms with van der Waals surface area (Å²) in [6.45, 7) is 2.82. The highest BCUT2D eigenvalue weighted by Crippen LogP contribution is 2.24. The summed E-state index contributed by atoms with van der Waals surface area (Å²) in [6.07, 6.45) is 5.56. The van der Waals surface area contributed by atoms with E-state index in [1.807, 2.05) is 36.5 Å². The first kappa shape index (κ1) is 35.7. The molecule has 268 valence electrons. The fourth-order valence-electron chi connectivity index (χ4n) is 5.54. The second-order valence-electron chi connectivity index (χ2n) is 11.8. The second-order valence-corrected chi connectivity index (χ2v) is 11.8. The number of imide groups is 1. The minimum absolute atomic E-state index is 0.0955. The first-order valence-corrected chi connectivity index (χ1v) is 16.6. The number of imidazole rings is 1. The molecule has 4 N–H and O–H groups in total. The van der Waals surface area contributed by atoms with Gasteiger partial charge in [0.15, 0.2) is 0 Å². The first-order valence-electron chi connectivity index (χ1n) is 16.6. The Morgan fingerprint density at radius 2 is 1.73 bits per heavy atom. The molecule has 52 heavy (non-hydrogen) atoms. The molecule has 0 saturated carbocycles. The Balaban J connectivity index is 0.850. The zero-order valence-electron chi connectivity index (χ0n) is 28.2. The molecule has 2 aromatic carbocycles. The SMILES string of the molecule is Nc1ncc(-c2cnn(CCOCCOCCOCC#Cc3ccc4c(c3)[nH]c(=O)n4C3CCC(=O)NC3=O)c2)cc1C(=O)OCc1ccccc1. The number of nitrogens with one attached hydrogen (secondary N) is 2. The number of nitrogens with zero attached hydrogens (tertiary/aromatic N) is 4. The minimum atomic E-state index is -0.740. The van der Waals surface area contributed by atoms with Gasteiger partial charge in [0.05, 0.1) is 56.8 Å². The van der Waals surface area contributed by atoms with Crippen molar-refractivity contribution in [1.29, 1.82) is 0 Å². The summed E-state index contributed by atoms with van der Waals surface area (Å²) in [4.78, 5) is 55.9. The van der Waals surface area contributed by atoms with Gasteiger partial charge in [0, 0.05) is 35.5 Å². The maximum atomic E-state index is 12.7. The number of hydrogen-bond acceptors (Lipinski definition) is 11. The van der Waals surface area contributed by atoms with Crippen LogP contribution in [-0.4, -0.2) is 81.7 Å². The molecule has 4 heterocycles.